The van der Waals surface area contributed by atoms with Crippen molar-refractivity contribution in [3.05, 3.63) is 58.7 Å². The Morgan fingerprint density at radius 3 is 2.62 bits per heavy atom. The van der Waals surface area contributed by atoms with Crippen LogP contribution in [0.5, 0.6) is 0 Å². The van der Waals surface area contributed by atoms with E-state index in [1.807, 2.05) is 19.0 Å². The molecule has 9 nitrogen and oxygen atoms in total. The molecule has 1 N–H and O–H groups in total. The van der Waals surface area contributed by atoms with Crippen molar-refractivity contribution in [1.82, 2.24) is 24.8 Å². The normalized spacial score (nSPS) is 11.0. The molecule has 3 aromatic rings. The zero-order valence-corrected chi connectivity index (χ0v) is 14.4. The molecule has 0 spiro atoms. The average molecular weight is 354 g/mol. The van der Waals surface area contributed by atoms with Gasteiger partial charge in [0.15, 0.2) is 5.69 Å². The van der Waals surface area contributed by atoms with Gasteiger partial charge in [0.2, 0.25) is 0 Å². The SMILES string of the molecule is CN(C)CCNC(=O)c1nccc2c1ncn2-c1ccc([N+](=O)[O-])cc1. The van der Waals surface area contributed by atoms with Crippen molar-refractivity contribution < 1.29 is 9.72 Å². The first-order valence-electron chi connectivity index (χ1n) is 7.97. The van der Waals surface area contributed by atoms with Gasteiger partial charge < -0.3 is 10.2 Å². The molecule has 0 radical (unpaired) electrons. The molecule has 0 saturated carbocycles. The van der Waals surface area contributed by atoms with Crippen LogP contribution in [0.3, 0.4) is 0 Å². The van der Waals surface area contributed by atoms with Crippen LogP contribution in [0, 0.1) is 10.1 Å². The molecule has 0 aliphatic carbocycles. The smallest absolute Gasteiger partial charge is 0.272 e. The van der Waals surface area contributed by atoms with E-state index in [1.165, 1.54) is 12.1 Å². The maximum Gasteiger partial charge on any atom is 0.272 e. The van der Waals surface area contributed by atoms with Crippen molar-refractivity contribution in [2.75, 3.05) is 27.2 Å². The Labute approximate surface area is 149 Å². The minimum atomic E-state index is -0.449. The van der Waals surface area contributed by atoms with Crippen LogP contribution in [0.4, 0.5) is 5.69 Å². The Morgan fingerprint density at radius 1 is 1.23 bits per heavy atom. The summed E-state index contributed by atoms with van der Waals surface area (Å²) in [6.45, 7) is 1.23. The second-order valence-electron chi connectivity index (χ2n) is 5.97. The Morgan fingerprint density at radius 2 is 1.96 bits per heavy atom. The fraction of sp³-hybridized carbons (Fsp3) is 0.235. The second-order valence-corrected chi connectivity index (χ2v) is 5.97. The summed E-state index contributed by atoms with van der Waals surface area (Å²) in [5.41, 5.74) is 2.16. The molecule has 9 heteroatoms. The van der Waals surface area contributed by atoms with Gasteiger partial charge in [-0.05, 0) is 32.3 Å². The molecule has 0 aliphatic heterocycles. The molecule has 2 aromatic heterocycles. The molecule has 0 atom stereocenters. The summed E-state index contributed by atoms with van der Waals surface area (Å²) in [6, 6.07) is 7.88. The van der Waals surface area contributed by atoms with E-state index >= 15 is 0 Å². The fourth-order valence-corrected chi connectivity index (χ4v) is 2.53. The zero-order chi connectivity index (χ0) is 18.7. The summed E-state index contributed by atoms with van der Waals surface area (Å²) in [5.74, 6) is -0.286. The van der Waals surface area contributed by atoms with Crippen LogP contribution < -0.4 is 5.32 Å². The van der Waals surface area contributed by atoms with E-state index in [9.17, 15) is 14.9 Å². The molecular weight excluding hydrogens is 336 g/mol. The maximum atomic E-state index is 12.4. The van der Waals surface area contributed by atoms with E-state index in [1.54, 1.807) is 35.3 Å². The molecule has 1 amide bonds. The highest BCUT2D eigenvalue weighted by atomic mass is 16.6. The van der Waals surface area contributed by atoms with Gasteiger partial charge >= 0.3 is 0 Å². The number of nitro benzene ring substituents is 1. The number of pyridine rings is 1. The fourth-order valence-electron chi connectivity index (χ4n) is 2.53. The molecule has 0 aliphatic rings. The predicted octanol–water partition coefficient (Wildman–Crippen LogP) is 1.62. The number of hydrogen-bond acceptors (Lipinski definition) is 6. The van der Waals surface area contributed by atoms with Crippen LogP contribution in [-0.4, -0.2) is 57.5 Å². The lowest BCUT2D eigenvalue weighted by Gasteiger charge is -2.10. The predicted molar refractivity (Wildman–Crippen MR) is 96.4 cm³/mol. The van der Waals surface area contributed by atoms with Crippen molar-refractivity contribution in [2.45, 2.75) is 0 Å². The van der Waals surface area contributed by atoms with E-state index in [0.717, 1.165) is 6.54 Å². The van der Waals surface area contributed by atoms with Gasteiger partial charge in [-0.1, -0.05) is 0 Å². The number of likely N-dealkylation sites (N-methyl/N-ethyl adjacent to an activating group) is 1. The maximum absolute atomic E-state index is 12.4. The monoisotopic (exact) mass is 354 g/mol. The number of aromatic nitrogens is 3. The van der Waals surface area contributed by atoms with Crippen molar-refractivity contribution in [3.63, 3.8) is 0 Å². The molecule has 0 saturated heterocycles. The van der Waals surface area contributed by atoms with Crippen LogP contribution in [-0.2, 0) is 0 Å². The lowest BCUT2D eigenvalue weighted by molar-refractivity contribution is -0.384. The number of imidazole rings is 1. The number of fused-ring (bicyclic) bond motifs is 1. The number of hydrogen-bond donors (Lipinski definition) is 1. The highest BCUT2D eigenvalue weighted by Gasteiger charge is 2.16. The highest BCUT2D eigenvalue weighted by Crippen LogP contribution is 2.21. The molecule has 26 heavy (non-hydrogen) atoms. The van der Waals surface area contributed by atoms with Gasteiger partial charge in [-0.25, -0.2) is 9.97 Å². The highest BCUT2D eigenvalue weighted by molar-refractivity contribution is 6.03. The first-order valence-corrected chi connectivity index (χ1v) is 7.97. The zero-order valence-electron chi connectivity index (χ0n) is 14.4. The van der Waals surface area contributed by atoms with Gasteiger partial charge in [0.1, 0.15) is 11.8 Å². The Balaban J connectivity index is 1.91. The summed E-state index contributed by atoms with van der Waals surface area (Å²) < 4.78 is 1.76. The number of nitrogens with one attached hydrogen (secondary N) is 1. The summed E-state index contributed by atoms with van der Waals surface area (Å²) in [5, 5.41) is 13.6. The second kappa shape index (κ2) is 7.28. The van der Waals surface area contributed by atoms with Crippen molar-refractivity contribution in [3.8, 4) is 5.69 Å². The number of benzene rings is 1. The number of carbonyl (C=O) groups excluding carboxylic acids is 1. The Bertz CT molecular complexity index is 949. The van der Waals surface area contributed by atoms with E-state index in [0.29, 0.717) is 23.3 Å². The van der Waals surface area contributed by atoms with Crippen molar-refractivity contribution in [2.24, 2.45) is 0 Å². The third-order valence-electron chi connectivity index (χ3n) is 3.86. The topological polar surface area (TPSA) is 106 Å². The third-order valence-corrected chi connectivity index (χ3v) is 3.86. The number of nitrogens with zero attached hydrogens (tertiary/aromatic N) is 5. The first kappa shape index (κ1) is 17.5. The third kappa shape index (κ3) is 3.52. The molecule has 0 bridgehead atoms. The Hall–Kier alpha value is -3.33. The van der Waals surface area contributed by atoms with Gasteiger partial charge in [0.25, 0.3) is 11.6 Å². The van der Waals surface area contributed by atoms with Gasteiger partial charge in [0, 0.05) is 37.1 Å². The standard InChI is InChI=1S/C17H18N6O3/c1-21(2)10-9-19-17(24)16-15-14(7-8-18-16)22(11-20-15)12-3-5-13(6-4-12)23(25)26/h3-8,11H,9-10H2,1-2H3,(H,19,24). The summed E-state index contributed by atoms with van der Waals surface area (Å²) >= 11 is 0. The van der Waals surface area contributed by atoms with Gasteiger partial charge in [0.05, 0.1) is 10.4 Å². The number of carbonyl (C=O) groups is 1. The molecule has 1 aromatic carbocycles. The van der Waals surface area contributed by atoms with E-state index in [-0.39, 0.29) is 17.3 Å². The van der Waals surface area contributed by atoms with Crippen LogP contribution in [0.15, 0.2) is 42.9 Å². The Kier molecular flexibility index (Phi) is 4.90. The van der Waals surface area contributed by atoms with Crippen LogP contribution in [0.2, 0.25) is 0 Å². The quantitative estimate of drug-likeness (QED) is 0.532. The molecule has 0 fully saturated rings. The number of nitro groups is 1. The van der Waals surface area contributed by atoms with Gasteiger partial charge in [-0.2, -0.15) is 0 Å². The molecule has 3 rings (SSSR count). The van der Waals surface area contributed by atoms with Crippen LogP contribution in [0.1, 0.15) is 10.5 Å². The van der Waals surface area contributed by atoms with Crippen LogP contribution >= 0.6 is 0 Å². The van der Waals surface area contributed by atoms with Crippen molar-refractivity contribution >= 4 is 22.6 Å². The summed E-state index contributed by atoms with van der Waals surface area (Å²) in [4.78, 5) is 33.2. The van der Waals surface area contributed by atoms with E-state index in [4.69, 9.17) is 0 Å². The molecule has 2 heterocycles. The van der Waals surface area contributed by atoms with Gasteiger partial charge in [-0.15, -0.1) is 0 Å². The van der Waals surface area contributed by atoms with Crippen LogP contribution in [0.25, 0.3) is 16.7 Å². The van der Waals surface area contributed by atoms with Gasteiger partial charge in [-0.3, -0.25) is 19.5 Å². The summed E-state index contributed by atoms with van der Waals surface area (Å²) in [6.07, 6.45) is 3.12. The first-order chi connectivity index (χ1) is 12.5. The van der Waals surface area contributed by atoms with Crippen molar-refractivity contribution in [1.29, 1.82) is 0 Å². The lowest BCUT2D eigenvalue weighted by atomic mass is 10.2. The summed E-state index contributed by atoms with van der Waals surface area (Å²) in [7, 11) is 3.86. The van der Waals surface area contributed by atoms with E-state index in [2.05, 4.69) is 15.3 Å². The molecule has 0 unspecified atom stereocenters. The minimum Gasteiger partial charge on any atom is -0.349 e. The largest absolute Gasteiger partial charge is 0.349 e. The minimum absolute atomic E-state index is 0.0146. The average Bonchev–Trinajstić information content (AvgIpc) is 3.05. The number of non-ortho nitro benzene ring substituents is 1. The lowest BCUT2D eigenvalue weighted by Crippen LogP contribution is -2.31. The number of amides is 1. The van der Waals surface area contributed by atoms with E-state index < -0.39 is 4.92 Å². The number of rotatable bonds is 6. The molecule has 134 valence electrons. The molecular formula is C17H18N6O3.